The van der Waals surface area contributed by atoms with Gasteiger partial charge in [0.2, 0.25) is 0 Å². The second kappa shape index (κ2) is 9.48. The summed E-state index contributed by atoms with van der Waals surface area (Å²) in [5.41, 5.74) is 1.12. The maximum Gasteiger partial charge on any atom is 0.494 e. The first-order valence-electron chi connectivity index (χ1n) is 11.7. The lowest BCUT2D eigenvalue weighted by Crippen LogP contribution is -2.50. The third-order valence-electron chi connectivity index (χ3n) is 6.51. The van der Waals surface area contributed by atoms with Crippen LogP contribution >= 0.6 is 11.8 Å². The van der Waals surface area contributed by atoms with Crippen LogP contribution in [0.15, 0.2) is 23.1 Å². The number of benzene rings is 1. The van der Waals surface area contributed by atoms with Gasteiger partial charge in [0.25, 0.3) is 0 Å². The van der Waals surface area contributed by atoms with Gasteiger partial charge in [0.05, 0.1) is 11.2 Å². The highest BCUT2D eigenvalue weighted by Gasteiger charge is 2.58. The quantitative estimate of drug-likeness (QED) is 0.275. The SMILES string of the molecule is CCC1(CC)OB(c2ccc(SC(C)(C)C(=O)OC(C)(C)C)c(C)c2)OC1(CC)CC. The van der Waals surface area contributed by atoms with Crippen LogP contribution in [0.3, 0.4) is 0 Å². The summed E-state index contributed by atoms with van der Waals surface area (Å²) in [6, 6.07) is 6.28. The van der Waals surface area contributed by atoms with Gasteiger partial charge in [0.15, 0.2) is 0 Å². The van der Waals surface area contributed by atoms with Crippen molar-refractivity contribution in [2.75, 3.05) is 0 Å². The van der Waals surface area contributed by atoms with E-state index in [2.05, 4.69) is 52.8 Å². The van der Waals surface area contributed by atoms with Crippen molar-refractivity contribution in [3.63, 3.8) is 0 Å². The van der Waals surface area contributed by atoms with Crippen LogP contribution in [0.25, 0.3) is 0 Å². The van der Waals surface area contributed by atoms with Crippen molar-refractivity contribution in [2.45, 2.75) is 121 Å². The van der Waals surface area contributed by atoms with E-state index in [-0.39, 0.29) is 24.3 Å². The van der Waals surface area contributed by atoms with Gasteiger partial charge in [0, 0.05) is 4.90 Å². The van der Waals surface area contributed by atoms with E-state index in [1.165, 1.54) is 11.8 Å². The van der Waals surface area contributed by atoms with E-state index in [0.29, 0.717) is 0 Å². The first-order valence-corrected chi connectivity index (χ1v) is 12.5. The Morgan fingerprint density at radius 3 is 1.84 bits per heavy atom. The minimum atomic E-state index is -0.681. The fourth-order valence-electron chi connectivity index (χ4n) is 4.56. The molecule has 1 heterocycles. The van der Waals surface area contributed by atoms with Gasteiger partial charge in [-0.05, 0) is 84.3 Å². The average Bonchev–Trinajstić information content (AvgIpc) is 3.03. The number of aryl methyl sites for hydroxylation is 1. The van der Waals surface area contributed by atoms with Crippen LogP contribution in [0, 0.1) is 6.92 Å². The number of thioether (sulfide) groups is 1. The van der Waals surface area contributed by atoms with Crippen LogP contribution in [0.4, 0.5) is 0 Å². The molecule has 1 saturated heterocycles. The molecule has 0 bridgehead atoms. The van der Waals surface area contributed by atoms with Gasteiger partial charge in [-0.2, -0.15) is 0 Å². The van der Waals surface area contributed by atoms with E-state index < -0.39 is 10.3 Å². The molecule has 0 radical (unpaired) electrons. The minimum Gasteiger partial charge on any atom is -0.459 e. The van der Waals surface area contributed by atoms with Crippen molar-refractivity contribution >= 4 is 30.3 Å². The van der Waals surface area contributed by atoms with Crippen molar-refractivity contribution in [1.82, 2.24) is 0 Å². The molecule has 31 heavy (non-hydrogen) atoms. The first kappa shape index (κ1) is 26.3. The van der Waals surface area contributed by atoms with Crippen molar-refractivity contribution in [3.8, 4) is 0 Å². The Bertz CT molecular complexity index is 756. The molecule has 1 fully saturated rings. The number of hydrogen-bond donors (Lipinski definition) is 0. The molecule has 1 aliphatic rings. The molecule has 0 amide bonds. The molecule has 0 spiro atoms. The molecular weight excluding hydrogens is 407 g/mol. The highest BCUT2D eigenvalue weighted by molar-refractivity contribution is 8.01. The number of carbonyl (C=O) groups is 1. The highest BCUT2D eigenvalue weighted by Crippen LogP contribution is 2.47. The van der Waals surface area contributed by atoms with E-state index in [4.69, 9.17) is 14.0 Å². The first-order chi connectivity index (χ1) is 14.3. The maximum absolute atomic E-state index is 12.7. The molecule has 2 rings (SSSR count). The average molecular weight is 448 g/mol. The van der Waals surface area contributed by atoms with E-state index >= 15 is 0 Å². The molecule has 6 heteroatoms. The minimum absolute atomic E-state index is 0.206. The zero-order valence-electron chi connectivity index (χ0n) is 21.2. The Morgan fingerprint density at radius 1 is 0.968 bits per heavy atom. The number of carbonyl (C=O) groups excluding carboxylic acids is 1. The fourth-order valence-corrected chi connectivity index (χ4v) is 5.59. The Balaban J connectivity index is 2.26. The van der Waals surface area contributed by atoms with Crippen LogP contribution in [-0.4, -0.2) is 34.6 Å². The Labute approximate surface area is 194 Å². The van der Waals surface area contributed by atoms with Gasteiger partial charge in [0.1, 0.15) is 10.3 Å². The van der Waals surface area contributed by atoms with Gasteiger partial charge in [-0.15, -0.1) is 11.8 Å². The molecule has 1 aromatic carbocycles. The molecule has 0 atom stereocenters. The number of hydrogen-bond acceptors (Lipinski definition) is 5. The van der Waals surface area contributed by atoms with Crippen molar-refractivity contribution in [3.05, 3.63) is 23.8 Å². The number of esters is 1. The van der Waals surface area contributed by atoms with Crippen molar-refractivity contribution in [1.29, 1.82) is 0 Å². The van der Waals surface area contributed by atoms with Crippen LogP contribution < -0.4 is 5.46 Å². The lowest BCUT2D eigenvalue weighted by Gasteiger charge is -2.42. The normalized spacial score (nSPS) is 18.3. The lowest BCUT2D eigenvalue weighted by atomic mass is 9.75. The van der Waals surface area contributed by atoms with E-state index in [1.807, 2.05) is 34.6 Å². The van der Waals surface area contributed by atoms with Crippen LogP contribution in [0.1, 0.15) is 93.6 Å². The highest BCUT2D eigenvalue weighted by atomic mass is 32.2. The van der Waals surface area contributed by atoms with Crippen LogP contribution in [0.2, 0.25) is 0 Å². The predicted octanol–water partition coefficient (Wildman–Crippen LogP) is 6.07. The van der Waals surface area contributed by atoms with Crippen molar-refractivity contribution in [2.24, 2.45) is 0 Å². The van der Waals surface area contributed by atoms with Crippen molar-refractivity contribution < 1.29 is 18.8 Å². The molecule has 1 aromatic rings. The topological polar surface area (TPSA) is 44.8 Å². The van der Waals surface area contributed by atoms with Crippen LogP contribution in [0.5, 0.6) is 0 Å². The third kappa shape index (κ3) is 5.34. The summed E-state index contributed by atoms with van der Waals surface area (Å²) in [6.45, 7) is 20.4. The molecule has 0 unspecified atom stereocenters. The molecule has 1 aliphatic heterocycles. The summed E-state index contributed by atoms with van der Waals surface area (Å²) in [4.78, 5) is 13.7. The standard InChI is InChI=1S/C25H41BO4S/c1-11-24(12-2)25(13-3,14-4)30-26(29-24)19-15-16-20(18(5)17-19)31-23(9,10)21(27)28-22(6,7)8/h15-17H,11-14H2,1-10H3. The molecule has 4 nitrogen and oxygen atoms in total. The van der Waals surface area contributed by atoms with E-state index in [1.54, 1.807) is 0 Å². The molecule has 0 saturated carbocycles. The van der Waals surface area contributed by atoms with Gasteiger partial charge in [-0.1, -0.05) is 39.8 Å². The summed E-state index contributed by atoms with van der Waals surface area (Å²) in [5.74, 6) is -0.206. The maximum atomic E-state index is 12.7. The number of ether oxygens (including phenoxy) is 1. The van der Waals surface area contributed by atoms with Gasteiger partial charge in [-0.25, -0.2) is 0 Å². The summed E-state index contributed by atoms with van der Waals surface area (Å²) in [5, 5.41) is 0. The molecule has 174 valence electrons. The molecule has 0 aliphatic carbocycles. The summed E-state index contributed by atoms with van der Waals surface area (Å²) < 4.78 is 18.2. The molecule has 0 aromatic heterocycles. The Kier molecular flexibility index (Phi) is 8.04. The summed E-state index contributed by atoms with van der Waals surface area (Å²) in [6.07, 6.45) is 3.72. The zero-order valence-corrected chi connectivity index (χ0v) is 22.0. The Morgan fingerprint density at radius 2 is 1.45 bits per heavy atom. The van der Waals surface area contributed by atoms with E-state index in [0.717, 1.165) is 41.6 Å². The molecular formula is C25H41BO4S. The second-order valence-corrected chi connectivity index (χ2v) is 11.8. The smallest absolute Gasteiger partial charge is 0.459 e. The number of rotatable bonds is 8. The largest absolute Gasteiger partial charge is 0.494 e. The summed E-state index contributed by atoms with van der Waals surface area (Å²) in [7, 11) is -0.364. The van der Waals surface area contributed by atoms with Gasteiger partial charge in [-0.3, -0.25) is 4.79 Å². The lowest BCUT2D eigenvalue weighted by molar-refractivity contribution is -0.156. The predicted molar refractivity (Wildman–Crippen MR) is 131 cm³/mol. The second-order valence-electron chi connectivity index (χ2n) is 10.1. The molecule has 0 N–H and O–H groups in total. The van der Waals surface area contributed by atoms with E-state index in [9.17, 15) is 4.79 Å². The monoisotopic (exact) mass is 448 g/mol. The van der Waals surface area contributed by atoms with Gasteiger partial charge >= 0.3 is 13.1 Å². The summed E-state index contributed by atoms with van der Waals surface area (Å²) >= 11 is 1.53. The third-order valence-corrected chi connectivity index (χ3v) is 7.86. The van der Waals surface area contributed by atoms with Gasteiger partial charge < -0.3 is 14.0 Å². The zero-order chi connectivity index (χ0) is 23.7. The Hall–Kier alpha value is -0.975. The van der Waals surface area contributed by atoms with Crippen LogP contribution in [-0.2, 0) is 18.8 Å². The fraction of sp³-hybridized carbons (Fsp3) is 0.720.